The summed E-state index contributed by atoms with van der Waals surface area (Å²) in [6.07, 6.45) is 3.66. The molecule has 18 heavy (non-hydrogen) atoms. The molecule has 1 heterocycles. The molecule has 0 amide bonds. The van der Waals surface area contributed by atoms with Crippen molar-refractivity contribution in [3.63, 3.8) is 0 Å². The first kappa shape index (κ1) is 12.1. The second kappa shape index (κ2) is 4.87. The van der Waals surface area contributed by atoms with Crippen LogP contribution in [0.3, 0.4) is 0 Å². The summed E-state index contributed by atoms with van der Waals surface area (Å²) in [6.45, 7) is 1.88. The van der Waals surface area contributed by atoms with Crippen molar-refractivity contribution in [2.24, 2.45) is 7.05 Å². The van der Waals surface area contributed by atoms with Crippen molar-refractivity contribution in [3.8, 4) is 11.3 Å². The van der Waals surface area contributed by atoms with Gasteiger partial charge in [-0.3, -0.25) is 4.79 Å². The van der Waals surface area contributed by atoms with E-state index < -0.39 is 0 Å². The highest BCUT2D eigenvalue weighted by Crippen LogP contribution is 2.24. The average Bonchev–Trinajstić information content (AvgIpc) is 2.40. The molecular weight excluding hydrogens is 226 g/mol. The Bertz CT molecular complexity index is 642. The average molecular weight is 241 g/mol. The molecule has 0 fully saturated rings. The van der Waals surface area contributed by atoms with Gasteiger partial charge in [0.1, 0.15) is 11.4 Å². The van der Waals surface area contributed by atoms with Gasteiger partial charge in [-0.05, 0) is 6.92 Å². The summed E-state index contributed by atoms with van der Waals surface area (Å²) in [5.41, 5.74) is 8.16. The Balaban J connectivity index is 2.78. The zero-order chi connectivity index (χ0) is 13.1. The first-order valence-electron chi connectivity index (χ1n) is 5.70. The zero-order valence-corrected chi connectivity index (χ0v) is 10.4. The van der Waals surface area contributed by atoms with Gasteiger partial charge in [-0.25, -0.2) is 4.68 Å². The van der Waals surface area contributed by atoms with Crippen LogP contribution in [0.5, 0.6) is 0 Å². The molecule has 4 heteroatoms. The van der Waals surface area contributed by atoms with Gasteiger partial charge in [0.25, 0.3) is 5.56 Å². The van der Waals surface area contributed by atoms with Gasteiger partial charge >= 0.3 is 0 Å². The molecule has 0 saturated heterocycles. The Morgan fingerprint density at radius 3 is 2.56 bits per heavy atom. The number of rotatable bonds is 2. The fraction of sp³-hybridized carbons (Fsp3) is 0.143. The fourth-order valence-electron chi connectivity index (χ4n) is 1.81. The molecule has 1 aromatic heterocycles. The number of nitrogens with zero attached hydrogens (tertiary/aromatic N) is 2. The lowest BCUT2D eigenvalue weighted by molar-refractivity contribution is 0.714. The third kappa shape index (κ3) is 2.05. The third-order valence-corrected chi connectivity index (χ3v) is 2.70. The number of allylic oxidation sites excluding steroid dienone is 1. The molecule has 0 unspecified atom stereocenters. The molecule has 92 valence electrons. The first-order chi connectivity index (χ1) is 8.65. The van der Waals surface area contributed by atoms with Crippen LogP contribution in [-0.2, 0) is 7.05 Å². The summed E-state index contributed by atoms with van der Waals surface area (Å²) in [5.74, 6) is 0. The SMILES string of the molecule is C/C=C/c1c(-c2ccccc2)nn(C)c(=O)c1N. The van der Waals surface area contributed by atoms with Crippen molar-refractivity contribution in [1.29, 1.82) is 0 Å². The van der Waals surface area contributed by atoms with Crippen LogP contribution in [0.15, 0.2) is 41.2 Å². The second-order valence-corrected chi connectivity index (χ2v) is 3.97. The standard InChI is InChI=1S/C14H15N3O/c1-3-7-11-12(15)14(18)17(2)16-13(11)10-8-5-4-6-9-10/h3-9H,15H2,1-2H3/b7-3+. The van der Waals surface area contributed by atoms with E-state index in [0.29, 0.717) is 11.3 Å². The van der Waals surface area contributed by atoms with E-state index in [1.54, 1.807) is 7.05 Å². The molecule has 2 aromatic rings. The van der Waals surface area contributed by atoms with Gasteiger partial charge in [0, 0.05) is 18.2 Å². The van der Waals surface area contributed by atoms with Crippen LogP contribution in [0.25, 0.3) is 17.3 Å². The summed E-state index contributed by atoms with van der Waals surface area (Å²) >= 11 is 0. The molecule has 0 aliphatic rings. The number of aryl methyl sites for hydroxylation is 1. The molecule has 0 bridgehead atoms. The highest BCUT2D eigenvalue weighted by molar-refractivity contribution is 5.78. The number of anilines is 1. The van der Waals surface area contributed by atoms with E-state index in [4.69, 9.17) is 5.73 Å². The Morgan fingerprint density at radius 2 is 1.94 bits per heavy atom. The van der Waals surface area contributed by atoms with Crippen LogP contribution < -0.4 is 11.3 Å². The number of hydrogen-bond acceptors (Lipinski definition) is 3. The summed E-state index contributed by atoms with van der Waals surface area (Å²) < 4.78 is 1.27. The van der Waals surface area contributed by atoms with Crippen molar-refractivity contribution in [3.05, 3.63) is 52.3 Å². The minimum atomic E-state index is -0.275. The Kier molecular flexibility index (Phi) is 3.28. The number of aromatic nitrogens is 2. The van der Waals surface area contributed by atoms with Gasteiger partial charge in [0.15, 0.2) is 0 Å². The number of hydrogen-bond donors (Lipinski definition) is 1. The topological polar surface area (TPSA) is 60.9 Å². The first-order valence-corrected chi connectivity index (χ1v) is 5.70. The molecule has 0 spiro atoms. The maximum absolute atomic E-state index is 11.8. The van der Waals surface area contributed by atoms with E-state index in [0.717, 1.165) is 5.56 Å². The van der Waals surface area contributed by atoms with Gasteiger partial charge in [-0.1, -0.05) is 42.5 Å². The van der Waals surface area contributed by atoms with E-state index in [-0.39, 0.29) is 11.2 Å². The smallest absolute Gasteiger partial charge is 0.290 e. The quantitative estimate of drug-likeness (QED) is 0.875. The number of nitrogens with two attached hydrogens (primary N) is 1. The van der Waals surface area contributed by atoms with Crippen molar-refractivity contribution in [2.75, 3.05) is 5.73 Å². The fourth-order valence-corrected chi connectivity index (χ4v) is 1.81. The predicted octanol–water partition coefficient (Wildman–Crippen LogP) is 2.06. The maximum atomic E-state index is 11.8. The monoisotopic (exact) mass is 241 g/mol. The lowest BCUT2D eigenvalue weighted by atomic mass is 10.0. The van der Waals surface area contributed by atoms with E-state index in [2.05, 4.69) is 5.10 Å². The number of nitrogen functional groups attached to an aromatic ring is 1. The van der Waals surface area contributed by atoms with Crippen LogP contribution in [-0.4, -0.2) is 9.78 Å². The third-order valence-electron chi connectivity index (χ3n) is 2.70. The van der Waals surface area contributed by atoms with Gasteiger partial charge in [0.05, 0.1) is 0 Å². The van der Waals surface area contributed by atoms with Crippen molar-refractivity contribution >= 4 is 11.8 Å². The lowest BCUT2D eigenvalue weighted by Crippen LogP contribution is -2.24. The van der Waals surface area contributed by atoms with Gasteiger partial charge in [-0.2, -0.15) is 5.10 Å². The largest absolute Gasteiger partial charge is 0.394 e. The van der Waals surface area contributed by atoms with Crippen LogP contribution in [0.4, 0.5) is 5.69 Å². The van der Waals surface area contributed by atoms with E-state index in [1.165, 1.54) is 4.68 Å². The van der Waals surface area contributed by atoms with Crippen LogP contribution in [0.2, 0.25) is 0 Å². The zero-order valence-electron chi connectivity index (χ0n) is 10.4. The normalized spacial score (nSPS) is 11.0. The lowest BCUT2D eigenvalue weighted by Gasteiger charge is -2.10. The van der Waals surface area contributed by atoms with Crippen molar-refractivity contribution in [1.82, 2.24) is 9.78 Å². The van der Waals surface area contributed by atoms with Gasteiger partial charge in [0.2, 0.25) is 0 Å². The summed E-state index contributed by atoms with van der Waals surface area (Å²) in [5, 5.41) is 4.30. The van der Waals surface area contributed by atoms with Gasteiger partial charge < -0.3 is 5.73 Å². The molecule has 0 aliphatic carbocycles. The predicted molar refractivity (Wildman–Crippen MR) is 74.0 cm³/mol. The molecular formula is C14H15N3O. The van der Waals surface area contributed by atoms with Crippen molar-refractivity contribution < 1.29 is 0 Å². The molecule has 0 aliphatic heterocycles. The summed E-state index contributed by atoms with van der Waals surface area (Å²) in [4.78, 5) is 11.8. The van der Waals surface area contributed by atoms with E-state index in [1.807, 2.05) is 49.4 Å². The molecule has 1 aromatic carbocycles. The molecule has 2 N–H and O–H groups in total. The molecule has 0 atom stereocenters. The Morgan fingerprint density at radius 1 is 1.28 bits per heavy atom. The minimum Gasteiger partial charge on any atom is -0.394 e. The van der Waals surface area contributed by atoms with E-state index in [9.17, 15) is 4.79 Å². The highest BCUT2D eigenvalue weighted by Gasteiger charge is 2.12. The second-order valence-electron chi connectivity index (χ2n) is 3.97. The molecule has 4 nitrogen and oxygen atoms in total. The molecule has 0 radical (unpaired) electrons. The summed E-state index contributed by atoms with van der Waals surface area (Å²) in [6, 6.07) is 9.68. The van der Waals surface area contributed by atoms with E-state index >= 15 is 0 Å². The Labute approximate surface area is 105 Å². The minimum absolute atomic E-state index is 0.226. The highest BCUT2D eigenvalue weighted by atomic mass is 16.1. The summed E-state index contributed by atoms with van der Waals surface area (Å²) in [7, 11) is 1.60. The van der Waals surface area contributed by atoms with Crippen LogP contribution in [0.1, 0.15) is 12.5 Å². The van der Waals surface area contributed by atoms with Gasteiger partial charge in [-0.15, -0.1) is 0 Å². The maximum Gasteiger partial charge on any atom is 0.290 e. The molecule has 0 saturated carbocycles. The molecule has 2 rings (SSSR count). The Hall–Kier alpha value is -2.36. The van der Waals surface area contributed by atoms with Crippen LogP contribution in [0, 0.1) is 0 Å². The van der Waals surface area contributed by atoms with Crippen LogP contribution >= 0.6 is 0 Å². The number of benzene rings is 1. The van der Waals surface area contributed by atoms with Crippen molar-refractivity contribution in [2.45, 2.75) is 6.92 Å².